The van der Waals surface area contributed by atoms with Crippen molar-refractivity contribution in [1.82, 2.24) is 9.80 Å². The highest BCUT2D eigenvalue weighted by Crippen LogP contribution is 2.25. The molecule has 33 heavy (non-hydrogen) atoms. The summed E-state index contributed by atoms with van der Waals surface area (Å²) in [5, 5.41) is 3.06. The molecule has 2 aliphatic rings. The van der Waals surface area contributed by atoms with Crippen LogP contribution in [-0.2, 0) is 11.3 Å². The third-order valence-corrected chi connectivity index (χ3v) is 6.63. The van der Waals surface area contributed by atoms with Gasteiger partial charge in [0.2, 0.25) is 5.91 Å². The molecule has 0 atom stereocenters. The van der Waals surface area contributed by atoms with Crippen LogP contribution in [0.4, 0.5) is 5.69 Å². The van der Waals surface area contributed by atoms with Crippen molar-refractivity contribution in [3.05, 3.63) is 59.7 Å². The maximum Gasteiger partial charge on any atom is 0.255 e. The molecule has 2 aliphatic heterocycles. The van der Waals surface area contributed by atoms with Crippen molar-refractivity contribution in [2.24, 2.45) is 5.92 Å². The lowest BCUT2D eigenvalue weighted by Gasteiger charge is -2.31. The van der Waals surface area contributed by atoms with Gasteiger partial charge in [0.1, 0.15) is 5.75 Å². The van der Waals surface area contributed by atoms with Crippen LogP contribution in [0.5, 0.6) is 5.75 Å². The number of hydrogen-bond acceptors (Lipinski definition) is 4. The van der Waals surface area contributed by atoms with E-state index >= 15 is 0 Å². The SMILES string of the molecule is CCOc1cccc(CN2CCC(C(=O)Nc3ccccc3C(=O)N3CCCCC3)CC2)c1. The number of carbonyl (C=O) groups excluding carboxylic acids is 2. The zero-order valence-electron chi connectivity index (χ0n) is 19.6. The van der Waals surface area contributed by atoms with E-state index in [9.17, 15) is 9.59 Å². The number of nitrogens with zero attached hydrogens (tertiary/aromatic N) is 2. The van der Waals surface area contributed by atoms with E-state index in [0.717, 1.165) is 64.2 Å². The predicted octanol–water partition coefficient (Wildman–Crippen LogP) is 4.56. The van der Waals surface area contributed by atoms with E-state index in [2.05, 4.69) is 22.3 Å². The maximum absolute atomic E-state index is 13.0. The minimum atomic E-state index is -0.0332. The Morgan fingerprint density at radius 3 is 2.48 bits per heavy atom. The predicted molar refractivity (Wildman–Crippen MR) is 130 cm³/mol. The Hall–Kier alpha value is -2.86. The summed E-state index contributed by atoms with van der Waals surface area (Å²) >= 11 is 0. The van der Waals surface area contributed by atoms with Crippen LogP contribution >= 0.6 is 0 Å². The third-order valence-electron chi connectivity index (χ3n) is 6.63. The summed E-state index contributed by atoms with van der Waals surface area (Å²) in [4.78, 5) is 30.3. The van der Waals surface area contributed by atoms with Crippen LogP contribution in [0, 0.1) is 5.92 Å². The minimum absolute atomic E-state index is 0.0203. The van der Waals surface area contributed by atoms with Gasteiger partial charge in [-0.2, -0.15) is 0 Å². The zero-order chi connectivity index (χ0) is 23.0. The summed E-state index contributed by atoms with van der Waals surface area (Å²) in [6.45, 7) is 6.88. The van der Waals surface area contributed by atoms with E-state index in [-0.39, 0.29) is 17.7 Å². The van der Waals surface area contributed by atoms with Crippen molar-refractivity contribution in [3.8, 4) is 5.75 Å². The molecule has 0 bridgehead atoms. The molecule has 0 aromatic heterocycles. The van der Waals surface area contributed by atoms with Crippen molar-refractivity contribution in [2.45, 2.75) is 45.6 Å². The van der Waals surface area contributed by atoms with Crippen LogP contribution in [0.25, 0.3) is 0 Å². The number of anilines is 1. The number of nitrogens with one attached hydrogen (secondary N) is 1. The maximum atomic E-state index is 13.0. The van der Waals surface area contributed by atoms with E-state index in [1.807, 2.05) is 48.2 Å². The highest BCUT2D eigenvalue weighted by Gasteiger charge is 2.27. The highest BCUT2D eigenvalue weighted by molar-refractivity contribution is 6.04. The van der Waals surface area contributed by atoms with Gasteiger partial charge in [0.05, 0.1) is 17.9 Å². The van der Waals surface area contributed by atoms with Gasteiger partial charge in [-0.1, -0.05) is 24.3 Å². The van der Waals surface area contributed by atoms with Crippen molar-refractivity contribution in [3.63, 3.8) is 0 Å². The Morgan fingerprint density at radius 2 is 1.73 bits per heavy atom. The number of benzene rings is 2. The topological polar surface area (TPSA) is 61.9 Å². The second-order valence-electron chi connectivity index (χ2n) is 9.02. The van der Waals surface area contributed by atoms with E-state index in [4.69, 9.17) is 4.74 Å². The fourth-order valence-electron chi connectivity index (χ4n) is 4.79. The zero-order valence-corrected chi connectivity index (χ0v) is 19.6. The molecule has 1 N–H and O–H groups in total. The molecule has 2 aromatic rings. The number of likely N-dealkylation sites (tertiary alicyclic amines) is 2. The normalized spacial score (nSPS) is 17.5. The molecule has 0 spiro atoms. The first-order valence-corrected chi connectivity index (χ1v) is 12.3. The molecule has 2 heterocycles. The van der Waals surface area contributed by atoms with Gasteiger partial charge in [-0.15, -0.1) is 0 Å². The largest absolute Gasteiger partial charge is 0.494 e. The molecule has 0 radical (unpaired) electrons. The summed E-state index contributed by atoms with van der Waals surface area (Å²) in [7, 11) is 0. The summed E-state index contributed by atoms with van der Waals surface area (Å²) in [6.07, 6.45) is 4.92. The first kappa shape index (κ1) is 23.3. The monoisotopic (exact) mass is 449 g/mol. The van der Waals surface area contributed by atoms with Crippen LogP contribution in [0.3, 0.4) is 0 Å². The molecule has 2 fully saturated rings. The van der Waals surface area contributed by atoms with Crippen LogP contribution in [0.2, 0.25) is 0 Å². The number of para-hydroxylation sites is 1. The fraction of sp³-hybridized carbons (Fsp3) is 0.481. The van der Waals surface area contributed by atoms with Crippen LogP contribution < -0.4 is 10.1 Å². The van der Waals surface area contributed by atoms with Gasteiger partial charge in [0, 0.05) is 25.6 Å². The molecule has 0 unspecified atom stereocenters. The molecule has 2 aromatic carbocycles. The molecular formula is C27H35N3O3. The van der Waals surface area contributed by atoms with Crippen LogP contribution in [0.1, 0.15) is 54.9 Å². The molecule has 2 saturated heterocycles. The quantitative estimate of drug-likeness (QED) is 0.673. The number of carbonyl (C=O) groups is 2. The van der Waals surface area contributed by atoms with Crippen molar-refractivity contribution < 1.29 is 14.3 Å². The molecule has 4 rings (SSSR count). The number of piperidine rings is 2. The average molecular weight is 450 g/mol. The molecular weight excluding hydrogens is 414 g/mol. The Kier molecular flexibility index (Phi) is 8.00. The lowest BCUT2D eigenvalue weighted by molar-refractivity contribution is -0.121. The van der Waals surface area contributed by atoms with Gasteiger partial charge in [-0.3, -0.25) is 14.5 Å². The molecule has 0 saturated carbocycles. The minimum Gasteiger partial charge on any atom is -0.494 e. The van der Waals surface area contributed by atoms with E-state index in [1.165, 1.54) is 12.0 Å². The number of ether oxygens (including phenoxy) is 1. The van der Waals surface area contributed by atoms with Gasteiger partial charge in [0.25, 0.3) is 5.91 Å². The van der Waals surface area contributed by atoms with Crippen molar-refractivity contribution in [2.75, 3.05) is 38.1 Å². The number of rotatable bonds is 7. The average Bonchev–Trinajstić information content (AvgIpc) is 2.85. The first-order chi connectivity index (χ1) is 16.1. The summed E-state index contributed by atoms with van der Waals surface area (Å²) < 4.78 is 5.61. The standard InChI is InChI=1S/C27H35N3O3/c1-2-33-23-10-8-9-21(19-23)20-29-17-13-22(14-18-29)26(31)28-25-12-5-4-11-24(25)27(32)30-15-6-3-7-16-30/h4-5,8-12,19,22H,2-3,6-7,13-18,20H2,1H3,(H,28,31). The van der Waals surface area contributed by atoms with Gasteiger partial charge in [-0.05, 0) is 81.9 Å². The van der Waals surface area contributed by atoms with Gasteiger partial charge < -0.3 is 15.0 Å². The highest BCUT2D eigenvalue weighted by atomic mass is 16.5. The second-order valence-corrected chi connectivity index (χ2v) is 9.02. The number of amides is 2. The Labute approximate surface area is 196 Å². The molecule has 6 nitrogen and oxygen atoms in total. The molecule has 6 heteroatoms. The Bertz CT molecular complexity index is 947. The summed E-state index contributed by atoms with van der Waals surface area (Å²) in [5.74, 6) is 0.915. The summed E-state index contributed by atoms with van der Waals surface area (Å²) in [6, 6.07) is 15.6. The van der Waals surface area contributed by atoms with Crippen LogP contribution in [0.15, 0.2) is 48.5 Å². The third kappa shape index (κ3) is 6.14. The van der Waals surface area contributed by atoms with E-state index in [1.54, 1.807) is 0 Å². The Morgan fingerprint density at radius 1 is 0.970 bits per heavy atom. The second kappa shape index (κ2) is 11.3. The van der Waals surface area contributed by atoms with Crippen molar-refractivity contribution >= 4 is 17.5 Å². The molecule has 176 valence electrons. The van der Waals surface area contributed by atoms with Crippen molar-refractivity contribution in [1.29, 1.82) is 0 Å². The van der Waals surface area contributed by atoms with Gasteiger partial charge >= 0.3 is 0 Å². The molecule has 0 aliphatic carbocycles. The van der Waals surface area contributed by atoms with E-state index < -0.39 is 0 Å². The van der Waals surface area contributed by atoms with Crippen LogP contribution in [-0.4, -0.2) is 54.4 Å². The lowest BCUT2D eigenvalue weighted by atomic mass is 9.95. The Balaban J connectivity index is 1.32. The lowest BCUT2D eigenvalue weighted by Crippen LogP contribution is -2.38. The fourth-order valence-corrected chi connectivity index (χ4v) is 4.79. The van der Waals surface area contributed by atoms with Gasteiger partial charge in [0.15, 0.2) is 0 Å². The number of hydrogen-bond donors (Lipinski definition) is 1. The first-order valence-electron chi connectivity index (χ1n) is 12.3. The summed E-state index contributed by atoms with van der Waals surface area (Å²) in [5.41, 5.74) is 2.46. The molecule has 2 amide bonds. The van der Waals surface area contributed by atoms with E-state index in [0.29, 0.717) is 17.9 Å². The van der Waals surface area contributed by atoms with Gasteiger partial charge in [-0.25, -0.2) is 0 Å². The smallest absolute Gasteiger partial charge is 0.255 e.